The van der Waals surface area contributed by atoms with Gasteiger partial charge in [0, 0.05) is 0 Å². The number of rotatable bonds is 4. The summed E-state index contributed by atoms with van der Waals surface area (Å²) in [7, 11) is 0. The molecule has 0 heterocycles. The molecule has 0 aliphatic heterocycles. The molecule has 92 valence electrons. The van der Waals surface area contributed by atoms with Gasteiger partial charge in [-0.25, -0.2) is 0 Å². The lowest BCUT2D eigenvalue weighted by Gasteiger charge is -2.32. The van der Waals surface area contributed by atoms with Crippen LogP contribution in [0.25, 0.3) is 0 Å². The van der Waals surface area contributed by atoms with Crippen LogP contribution in [0.3, 0.4) is 0 Å². The third kappa shape index (κ3) is 4.13. The smallest absolute Gasteiger partial charge is 0.0750 e. The fourth-order valence-corrected chi connectivity index (χ4v) is 2.50. The maximum absolute atomic E-state index is 9.80. The predicted octanol–water partition coefficient (Wildman–Crippen LogP) is 4.09. The first-order valence-electron chi connectivity index (χ1n) is 6.49. The molecule has 1 nitrogen and oxygen atoms in total. The third-order valence-corrected chi connectivity index (χ3v) is 3.81. The molecule has 16 heavy (non-hydrogen) atoms. The predicted molar refractivity (Wildman–Crippen MR) is 70.3 cm³/mol. The standard InChI is InChI=1S/C15H26O/c1-11(2)6-5-7-12(3)14-9-8-13(4)15(16)10-14/h6,12,14-16H,4-5,7-10H2,1-3H3/t12-,14+,15-/m1/s1. The Balaban J connectivity index is 2.34. The monoisotopic (exact) mass is 222 g/mol. The van der Waals surface area contributed by atoms with E-state index in [9.17, 15) is 5.11 Å². The molecule has 0 aromatic rings. The summed E-state index contributed by atoms with van der Waals surface area (Å²) in [5, 5.41) is 9.80. The van der Waals surface area contributed by atoms with Crippen LogP contribution in [0.2, 0.25) is 0 Å². The summed E-state index contributed by atoms with van der Waals surface area (Å²) < 4.78 is 0. The van der Waals surface area contributed by atoms with E-state index in [0.29, 0.717) is 5.92 Å². The topological polar surface area (TPSA) is 20.2 Å². The van der Waals surface area contributed by atoms with Gasteiger partial charge in [-0.15, -0.1) is 0 Å². The van der Waals surface area contributed by atoms with Crippen LogP contribution in [0.15, 0.2) is 23.8 Å². The van der Waals surface area contributed by atoms with E-state index in [1.807, 2.05) is 0 Å². The summed E-state index contributed by atoms with van der Waals surface area (Å²) in [6, 6.07) is 0. The Hall–Kier alpha value is -0.560. The van der Waals surface area contributed by atoms with Crippen molar-refractivity contribution in [2.24, 2.45) is 11.8 Å². The number of hydrogen-bond acceptors (Lipinski definition) is 1. The third-order valence-electron chi connectivity index (χ3n) is 3.81. The van der Waals surface area contributed by atoms with E-state index < -0.39 is 0 Å². The number of allylic oxidation sites excluding steroid dienone is 2. The maximum Gasteiger partial charge on any atom is 0.0750 e. The summed E-state index contributed by atoms with van der Waals surface area (Å²) >= 11 is 0. The SMILES string of the molecule is C=C1CC[C@H]([C@H](C)CCC=C(C)C)C[C@H]1O. The molecule has 0 aromatic heterocycles. The first-order chi connectivity index (χ1) is 7.50. The minimum Gasteiger partial charge on any atom is -0.389 e. The van der Waals surface area contributed by atoms with Gasteiger partial charge in [-0.3, -0.25) is 0 Å². The highest BCUT2D eigenvalue weighted by molar-refractivity contribution is 5.06. The Morgan fingerprint density at radius 2 is 2.25 bits per heavy atom. The van der Waals surface area contributed by atoms with Crippen LogP contribution in [-0.4, -0.2) is 11.2 Å². The molecule has 1 heteroatoms. The highest BCUT2D eigenvalue weighted by Gasteiger charge is 2.26. The van der Waals surface area contributed by atoms with Crippen LogP contribution >= 0.6 is 0 Å². The van der Waals surface area contributed by atoms with E-state index in [0.717, 1.165) is 24.3 Å². The van der Waals surface area contributed by atoms with Crippen molar-refractivity contribution in [3.63, 3.8) is 0 Å². The van der Waals surface area contributed by atoms with Crippen molar-refractivity contribution in [2.75, 3.05) is 0 Å². The van der Waals surface area contributed by atoms with Gasteiger partial charge >= 0.3 is 0 Å². The lowest BCUT2D eigenvalue weighted by atomic mass is 9.76. The van der Waals surface area contributed by atoms with E-state index >= 15 is 0 Å². The van der Waals surface area contributed by atoms with Crippen molar-refractivity contribution in [3.05, 3.63) is 23.8 Å². The van der Waals surface area contributed by atoms with Crippen molar-refractivity contribution < 1.29 is 5.11 Å². The molecule has 1 N–H and O–H groups in total. The second kappa shape index (κ2) is 6.24. The fraction of sp³-hybridized carbons (Fsp3) is 0.733. The van der Waals surface area contributed by atoms with Gasteiger partial charge in [0.25, 0.3) is 0 Å². The molecule has 1 rings (SSSR count). The summed E-state index contributed by atoms with van der Waals surface area (Å²) in [6.45, 7) is 10.5. The molecule has 0 saturated heterocycles. The second-order valence-corrected chi connectivity index (χ2v) is 5.54. The zero-order chi connectivity index (χ0) is 12.1. The van der Waals surface area contributed by atoms with Crippen LogP contribution in [0.1, 0.15) is 52.9 Å². The zero-order valence-electron chi connectivity index (χ0n) is 11.0. The largest absolute Gasteiger partial charge is 0.389 e. The van der Waals surface area contributed by atoms with Gasteiger partial charge in [0.15, 0.2) is 0 Å². The molecular formula is C15H26O. The van der Waals surface area contributed by atoms with Crippen molar-refractivity contribution >= 4 is 0 Å². The normalized spacial score (nSPS) is 27.6. The lowest BCUT2D eigenvalue weighted by Crippen LogP contribution is -2.25. The average Bonchev–Trinajstić information content (AvgIpc) is 2.21. The Labute approximate surface area is 100 Å². The molecule has 1 aliphatic rings. The molecule has 0 aromatic carbocycles. The van der Waals surface area contributed by atoms with Gasteiger partial charge in [-0.1, -0.05) is 25.2 Å². The Kier molecular flexibility index (Phi) is 5.27. The van der Waals surface area contributed by atoms with Gasteiger partial charge in [-0.05, 0) is 63.4 Å². The minimum absolute atomic E-state index is 0.246. The maximum atomic E-state index is 9.80. The van der Waals surface area contributed by atoms with Crippen LogP contribution in [0, 0.1) is 11.8 Å². The Bertz CT molecular complexity index is 261. The molecule has 0 amide bonds. The van der Waals surface area contributed by atoms with Crippen molar-refractivity contribution in [2.45, 2.75) is 59.0 Å². The number of aliphatic hydroxyl groups excluding tert-OH is 1. The van der Waals surface area contributed by atoms with Crippen LogP contribution in [0.5, 0.6) is 0 Å². The molecule has 3 atom stereocenters. The van der Waals surface area contributed by atoms with Crippen molar-refractivity contribution in [1.29, 1.82) is 0 Å². The molecule has 1 saturated carbocycles. The number of aliphatic hydroxyl groups is 1. The Morgan fingerprint density at radius 1 is 1.56 bits per heavy atom. The first kappa shape index (κ1) is 13.5. The van der Waals surface area contributed by atoms with Crippen LogP contribution in [-0.2, 0) is 0 Å². The van der Waals surface area contributed by atoms with E-state index in [2.05, 4.69) is 33.4 Å². The van der Waals surface area contributed by atoms with Crippen LogP contribution in [0.4, 0.5) is 0 Å². The summed E-state index contributed by atoms with van der Waals surface area (Å²) in [6.07, 6.45) is 7.64. The summed E-state index contributed by atoms with van der Waals surface area (Å²) in [5.74, 6) is 1.41. The van der Waals surface area contributed by atoms with E-state index in [1.54, 1.807) is 0 Å². The van der Waals surface area contributed by atoms with Crippen molar-refractivity contribution in [3.8, 4) is 0 Å². The molecule has 0 radical (unpaired) electrons. The highest BCUT2D eigenvalue weighted by atomic mass is 16.3. The molecule has 0 unspecified atom stereocenters. The molecule has 1 aliphatic carbocycles. The van der Waals surface area contributed by atoms with E-state index in [4.69, 9.17) is 0 Å². The molecular weight excluding hydrogens is 196 g/mol. The van der Waals surface area contributed by atoms with E-state index in [1.165, 1.54) is 24.8 Å². The van der Waals surface area contributed by atoms with Gasteiger partial charge in [0.1, 0.15) is 0 Å². The van der Waals surface area contributed by atoms with Gasteiger partial charge in [-0.2, -0.15) is 0 Å². The van der Waals surface area contributed by atoms with Gasteiger partial charge < -0.3 is 5.11 Å². The number of hydrogen-bond donors (Lipinski definition) is 1. The summed E-state index contributed by atoms with van der Waals surface area (Å²) in [5.41, 5.74) is 2.44. The average molecular weight is 222 g/mol. The first-order valence-corrected chi connectivity index (χ1v) is 6.49. The lowest BCUT2D eigenvalue weighted by molar-refractivity contribution is 0.124. The molecule has 0 bridgehead atoms. The minimum atomic E-state index is -0.246. The van der Waals surface area contributed by atoms with Crippen LogP contribution < -0.4 is 0 Å². The highest BCUT2D eigenvalue weighted by Crippen LogP contribution is 2.34. The molecule has 1 fully saturated rings. The Morgan fingerprint density at radius 3 is 2.81 bits per heavy atom. The second-order valence-electron chi connectivity index (χ2n) is 5.54. The quantitative estimate of drug-likeness (QED) is 0.710. The van der Waals surface area contributed by atoms with Gasteiger partial charge in [0.05, 0.1) is 6.10 Å². The summed E-state index contributed by atoms with van der Waals surface area (Å²) in [4.78, 5) is 0. The van der Waals surface area contributed by atoms with Gasteiger partial charge in [0.2, 0.25) is 0 Å². The zero-order valence-corrected chi connectivity index (χ0v) is 11.0. The van der Waals surface area contributed by atoms with E-state index in [-0.39, 0.29) is 6.10 Å². The van der Waals surface area contributed by atoms with Crippen molar-refractivity contribution in [1.82, 2.24) is 0 Å². The molecule has 0 spiro atoms. The fourth-order valence-electron chi connectivity index (χ4n) is 2.50.